The lowest BCUT2D eigenvalue weighted by atomic mass is 10.1. The Morgan fingerprint density at radius 2 is 2.13 bits per heavy atom. The first kappa shape index (κ1) is 18.5. The average molecular weight is 426 g/mol. The Kier molecular flexibility index (Phi) is 4.25. The van der Waals surface area contributed by atoms with E-state index in [9.17, 15) is 9.18 Å². The Balaban J connectivity index is 1.55. The number of hydrogen-bond donors (Lipinski definition) is 1. The molecule has 11 heteroatoms. The van der Waals surface area contributed by atoms with Crippen LogP contribution in [0.2, 0.25) is 0 Å². The van der Waals surface area contributed by atoms with E-state index in [-0.39, 0.29) is 18.6 Å². The van der Waals surface area contributed by atoms with E-state index < -0.39 is 18.0 Å². The standard InChI is InChI=1S/C20H19FN6O4/c21-11-5-12-15-9-29-4-3-26(15)17-1-2-27-18(25-17)13(7-23-27)19(28)24-14-8-30-10-16(14)31-20(12)22-6-11/h1-2,5-7,14-16H,3-4,8-10H2,(H,24,28)/t14-,15+,16+/m1/s1. The van der Waals surface area contributed by atoms with Gasteiger partial charge in [0.1, 0.15) is 23.3 Å². The van der Waals surface area contributed by atoms with E-state index in [0.29, 0.717) is 54.8 Å². The zero-order valence-corrected chi connectivity index (χ0v) is 16.4. The van der Waals surface area contributed by atoms with Crippen LogP contribution in [-0.4, -0.2) is 70.6 Å². The minimum absolute atomic E-state index is 0.281. The molecule has 3 aromatic heterocycles. The van der Waals surface area contributed by atoms with Gasteiger partial charge in [-0.15, -0.1) is 0 Å². The fourth-order valence-corrected chi connectivity index (χ4v) is 4.27. The van der Waals surface area contributed by atoms with Crippen LogP contribution >= 0.6 is 0 Å². The SMILES string of the molecule is O=C1N[C@@H]2COC[C@@H]2Oc2ncc(F)cc2[C@@H]2COCCN2c2ccn3ncc1c3n2. The highest BCUT2D eigenvalue weighted by Gasteiger charge is 2.36. The van der Waals surface area contributed by atoms with Crippen molar-refractivity contribution >= 4 is 17.4 Å². The molecule has 10 nitrogen and oxygen atoms in total. The van der Waals surface area contributed by atoms with E-state index in [1.807, 2.05) is 11.0 Å². The van der Waals surface area contributed by atoms with Crippen LogP contribution in [0.1, 0.15) is 22.0 Å². The van der Waals surface area contributed by atoms with Crippen molar-refractivity contribution in [3.63, 3.8) is 0 Å². The average Bonchev–Trinajstić information content (AvgIpc) is 3.40. The third kappa shape index (κ3) is 3.08. The normalized spacial score (nSPS) is 25.5. The molecule has 3 aliphatic heterocycles. The summed E-state index contributed by atoms with van der Waals surface area (Å²) in [6.45, 7) is 1.93. The van der Waals surface area contributed by atoms with Crippen LogP contribution < -0.4 is 15.0 Å². The molecular weight excluding hydrogens is 407 g/mol. The zero-order chi connectivity index (χ0) is 20.9. The zero-order valence-electron chi connectivity index (χ0n) is 16.4. The molecule has 3 atom stereocenters. The van der Waals surface area contributed by atoms with E-state index in [2.05, 4.69) is 15.4 Å². The number of anilines is 1. The van der Waals surface area contributed by atoms with Gasteiger partial charge in [-0.1, -0.05) is 0 Å². The van der Waals surface area contributed by atoms with Crippen LogP contribution in [0.4, 0.5) is 10.2 Å². The summed E-state index contributed by atoms with van der Waals surface area (Å²) in [5, 5.41) is 7.20. The minimum atomic E-state index is -0.471. The van der Waals surface area contributed by atoms with Gasteiger partial charge in [-0.2, -0.15) is 5.10 Å². The van der Waals surface area contributed by atoms with Crippen molar-refractivity contribution in [2.75, 3.05) is 37.9 Å². The number of nitrogens with one attached hydrogen (secondary N) is 1. The molecule has 2 fully saturated rings. The largest absolute Gasteiger partial charge is 0.469 e. The number of aromatic nitrogens is 4. The molecular formula is C20H19FN6O4. The predicted octanol–water partition coefficient (Wildman–Crippen LogP) is 0.731. The summed E-state index contributed by atoms with van der Waals surface area (Å²) in [5.74, 6) is 0.147. The molecule has 1 N–H and O–H groups in total. The Labute approximate surface area is 175 Å². The second-order valence-electron chi connectivity index (χ2n) is 7.72. The Hall–Kier alpha value is -3.31. The van der Waals surface area contributed by atoms with Gasteiger partial charge < -0.3 is 24.4 Å². The smallest absolute Gasteiger partial charge is 0.257 e. The van der Waals surface area contributed by atoms with Crippen molar-refractivity contribution in [2.24, 2.45) is 0 Å². The van der Waals surface area contributed by atoms with Crippen LogP contribution in [0.5, 0.6) is 5.88 Å². The van der Waals surface area contributed by atoms with Crippen LogP contribution in [0.25, 0.3) is 5.65 Å². The van der Waals surface area contributed by atoms with Gasteiger partial charge in [-0.3, -0.25) is 4.79 Å². The lowest BCUT2D eigenvalue weighted by molar-refractivity contribution is 0.0875. The molecule has 2 bridgehead atoms. The highest BCUT2D eigenvalue weighted by molar-refractivity contribution is 6.00. The number of carbonyl (C=O) groups excluding carboxylic acids is 1. The van der Waals surface area contributed by atoms with Gasteiger partial charge in [0, 0.05) is 18.3 Å². The molecule has 0 aliphatic carbocycles. The van der Waals surface area contributed by atoms with Crippen molar-refractivity contribution in [1.29, 1.82) is 0 Å². The number of fused-ring (bicyclic) bond motifs is 6. The maximum atomic E-state index is 14.2. The second-order valence-corrected chi connectivity index (χ2v) is 7.72. The monoisotopic (exact) mass is 426 g/mol. The van der Waals surface area contributed by atoms with E-state index >= 15 is 0 Å². The summed E-state index contributed by atoms with van der Waals surface area (Å²) in [5.41, 5.74) is 1.36. The number of halogens is 1. The number of rotatable bonds is 0. The third-order valence-corrected chi connectivity index (χ3v) is 5.83. The molecule has 6 rings (SSSR count). The number of morpholine rings is 1. The highest BCUT2D eigenvalue weighted by atomic mass is 19.1. The fourth-order valence-electron chi connectivity index (χ4n) is 4.27. The van der Waals surface area contributed by atoms with Gasteiger partial charge in [-0.25, -0.2) is 18.9 Å². The molecule has 6 heterocycles. The molecule has 1 amide bonds. The van der Waals surface area contributed by atoms with E-state index in [0.717, 1.165) is 6.20 Å². The van der Waals surface area contributed by atoms with Crippen molar-refractivity contribution < 1.29 is 23.4 Å². The summed E-state index contributed by atoms with van der Waals surface area (Å²) < 4.78 is 33.2. The van der Waals surface area contributed by atoms with Crippen molar-refractivity contribution in [3.8, 4) is 5.88 Å². The quantitative estimate of drug-likeness (QED) is 0.561. The minimum Gasteiger partial charge on any atom is -0.469 e. The summed E-state index contributed by atoms with van der Waals surface area (Å²) in [6.07, 6.45) is 3.90. The lowest BCUT2D eigenvalue weighted by Crippen LogP contribution is -2.45. The molecule has 3 aromatic rings. The van der Waals surface area contributed by atoms with Gasteiger partial charge in [0.05, 0.1) is 50.9 Å². The maximum Gasteiger partial charge on any atom is 0.257 e. The van der Waals surface area contributed by atoms with Crippen molar-refractivity contribution in [1.82, 2.24) is 24.9 Å². The Morgan fingerprint density at radius 1 is 1.19 bits per heavy atom. The summed E-state index contributed by atoms with van der Waals surface area (Å²) >= 11 is 0. The number of pyridine rings is 1. The Bertz CT molecular complexity index is 1170. The summed E-state index contributed by atoms with van der Waals surface area (Å²) in [7, 11) is 0. The molecule has 2 saturated heterocycles. The van der Waals surface area contributed by atoms with Crippen LogP contribution in [-0.2, 0) is 9.47 Å². The lowest BCUT2D eigenvalue weighted by Gasteiger charge is -2.37. The van der Waals surface area contributed by atoms with Crippen LogP contribution in [0.3, 0.4) is 0 Å². The topological polar surface area (TPSA) is 103 Å². The second kappa shape index (κ2) is 7.13. The number of nitrogens with zero attached hydrogens (tertiary/aromatic N) is 5. The van der Waals surface area contributed by atoms with E-state index in [1.165, 1.54) is 12.3 Å². The third-order valence-electron chi connectivity index (χ3n) is 5.83. The molecule has 0 radical (unpaired) electrons. The first-order valence-corrected chi connectivity index (χ1v) is 10.1. The van der Waals surface area contributed by atoms with Gasteiger partial charge in [0.2, 0.25) is 5.88 Å². The predicted molar refractivity (Wildman–Crippen MR) is 105 cm³/mol. The molecule has 0 aromatic carbocycles. The number of amides is 1. The molecule has 0 spiro atoms. The molecule has 3 aliphatic rings. The maximum absolute atomic E-state index is 14.2. The van der Waals surface area contributed by atoms with Gasteiger partial charge in [0.25, 0.3) is 5.91 Å². The number of ether oxygens (including phenoxy) is 3. The molecule has 31 heavy (non-hydrogen) atoms. The van der Waals surface area contributed by atoms with Crippen LogP contribution in [0, 0.1) is 5.82 Å². The number of carbonyl (C=O) groups is 1. The van der Waals surface area contributed by atoms with E-state index in [1.54, 1.807) is 10.7 Å². The highest BCUT2D eigenvalue weighted by Crippen LogP contribution is 2.35. The fraction of sp³-hybridized carbons (Fsp3) is 0.400. The molecule has 0 saturated carbocycles. The first-order chi connectivity index (χ1) is 15.2. The van der Waals surface area contributed by atoms with Gasteiger partial charge >= 0.3 is 0 Å². The molecule has 0 unspecified atom stereocenters. The first-order valence-electron chi connectivity index (χ1n) is 10.1. The summed E-state index contributed by atoms with van der Waals surface area (Å²) in [4.78, 5) is 23.9. The number of hydrogen-bond acceptors (Lipinski definition) is 8. The van der Waals surface area contributed by atoms with E-state index in [4.69, 9.17) is 19.2 Å². The van der Waals surface area contributed by atoms with Crippen molar-refractivity contribution in [3.05, 3.63) is 47.7 Å². The summed E-state index contributed by atoms with van der Waals surface area (Å²) in [6, 6.07) is 2.47. The van der Waals surface area contributed by atoms with Gasteiger partial charge in [0.15, 0.2) is 5.65 Å². The van der Waals surface area contributed by atoms with Crippen LogP contribution in [0.15, 0.2) is 30.7 Å². The van der Waals surface area contributed by atoms with Gasteiger partial charge in [-0.05, 0) is 12.1 Å². The Morgan fingerprint density at radius 3 is 3.06 bits per heavy atom. The molecule has 160 valence electrons. The van der Waals surface area contributed by atoms with Crippen molar-refractivity contribution in [2.45, 2.75) is 18.2 Å².